The van der Waals surface area contributed by atoms with Gasteiger partial charge >= 0.3 is 0 Å². The fourth-order valence-electron chi connectivity index (χ4n) is 3.95. The highest BCUT2D eigenvalue weighted by molar-refractivity contribution is 5.93. The third kappa shape index (κ3) is 2.44. The molecule has 2 heterocycles. The summed E-state index contributed by atoms with van der Waals surface area (Å²) in [6, 6.07) is 27.8. The van der Waals surface area contributed by atoms with Crippen molar-refractivity contribution in [2.24, 2.45) is 0 Å². The SMILES string of the molecule is Cc1c(-c2ccccc2)n(-c2cccc3cccnc23)c(=O)c2ccccc12. The molecule has 0 saturated carbocycles. The molecule has 0 atom stereocenters. The monoisotopic (exact) mass is 362 g/mol. The number of benzene rings is 3. The van der Waals surface area contributed by atoms with Crippen molar-refractivity contribution in [1.29, 1.82) is 0 Å². The molecule has 2 aromatic heterocycles. The minimum atomic E-state index is -0.0294. The van der Waals surface area contributed by atoms with Gasteiger partial charge in [0.25, 0.3) is 5.56 Å². The Hall–Kier alpha value is -3.72. The van der Waals surface area contributed by atoms with Gasteiger partial charge in [0.1, 0.15) is 0 Å². The molecule has 5 rings (SSSR count). The molecule has 0 aliphatic rings. The van der Waals surface area contributed by atoms with Crippen molar-refractivity contribution in [2.75, 3.05) is 0 Å². The standard InChI is InChI=1S/C25H18N2O/c1-17-20-13-5-6-14-21(20)25(28)27(24(17)19-9-3-2-4-10-19)22-15-7-11-18-12-8-16-26-23(18)22/h2-16H,1H3. The molecular formula is C25H18N2O. The van der Waals surface area contributed by atoms with E-state index in [9.17, 15) is 4.79 Å². The van der Waals surface area contributed by atoms with Crippen LogP contribution in [0.15, 0.2) is 95.9 Å². The molecule has 0 spiro atoms. The smallest absolute Gasteiger partial charge is 0.263 e. The second kappa shape index (κ2) is 6.46. The highest BCUT2D eigenvalue weighted by Crippen LogP contribution is 2.31. The highest BCUT2D eigenvalue weighted by Gasteiger charge is 2.18. The molecule has 0 aliphatic heterocycles. The van der Waals surface area contributed by atoms with Gasteiger partial charge < -0.3 is 0 Å². The van der Waals surface area contributed by atoms with Gasteiger partial charge in [-0.2, -0.15) is 0 Å². The summed E-state index contributed by atoms with van der Waals surface area (Å²) >= 11 is 0. The van der Waals surface area contributed by atoms with Gasteiger partial charge in [0, 0.05) is 17.0 Å². The molecule has 5 aromatic rings. The Kier molecular flexibility index (Phi) is 3.80. The number of nitrogens with zero attached hydrogens (tertiary/aromatic N) is 2. The average Bonchev–Trinajstić information content (AvgIpc) is 2.76. The van der Waals surface area contributed by atoms with E-state index in [1.807, 2.05) is 89.5 Å². The Morgan fingerprint density at radius 1 is 0.750 bits per heavy atom. The van der Waals surface area contributed by atoms with Crippen molar-refractivity contribution in [3.05, 3.63) is 107 Å². The van der Waals surface area contributed by atoms with E-state index in [1.54, 1.807) is 6.20 Å². The summed E-state index contributed by atoms with van der Waals surface area (Å²) in [6.45, 7) is 2.08. The van der Waals surface area contributed by atoms with Gasteiger partial charge in [0.05, 0.1) is 16.9 Å². The Balaban J connectivity index is 2.01. The van der Waals surface area contributed by atoms with Crippen molar-refractivity contribution < 1.29 is 0 Å². The van der Waals surface area contributed by atoms with Crippen LogP contribution in [0.3, 0.4) is 0 Å². The first kappa shape index (κ1) is 16.5. The normalized spacial score (nSPS) is 11.2. The number of fused-ring (bicyclic) bond motifs is 2. The minimum absolute atomic E-state index is 0.0294. The van der Waals surface area contributed by atoms with Gasteiger partial charge in [-0.05, 0) is 41.6 Å². The quantitative estimate of drug-likeness (QED) is 0.415. The molecule has 134 valence electrons. The topological polar surface area (TPSA) is 34.9 Å². The predicted molar refractivity (Wildman–Crippen MR) is 115 cm³/mol. The van der Waals surface area contributed by atoms with E-state index in [0.717, 1.165) is 38.8 Å². The molecule has 0 unspecified atom stereocenters. The molecule has 3 aromatic carbocycles. The molecule has 0 amide bonds. The van der Waals surface area contributed by atoms with Gasteiger partial charge in [-0.15, -0.1) is 0 Å². The summed E-state index contributed by atoms with van der Waals surface area (Å²) in [5, 5.41) is 2.71. The summed E-state index contributed by atoms with van der Waals surface area (Å²) in [6.07, 6.45) is 1.77. The summed E-state index contributed by atoms with van der Waals surface area (Å²) in [5.74, 6) is 0. The predicted octanol–water partition coefficient (Wildman–Crippen LogP) is 5.51. The molecule has 0 bridgehead atoms. The second-order valence-corrected chi connectivity index (χ2v) is 6.88. The van der Waals surface area contributed by atoms with Crippen LogP contribution in [-0.2, 0) is 0 Å². The highest BCUT2D eigenvalue weighted by atomic mass is 16.1. The van der Waals surface area contributed by atoms with Crippen molar-refractivity contribution in [3.63, 3.8) is 0 Å². The molecule has 3 heteroatoms. The van der Waals surface area contributed by atoms with Crippen LogP contribution in [0.2, 0.25) is 0 Å². The lowest BCUT2D eigenvalue weighted by Crippen LogP contribution is -2.22. The number of hydrogen-bond acceptors (Lipinski definition) is 2. The Morgan fingerprint density at radius 3 is 2.29 bits per heavy atom. The average molecular weight is 362 g/mol. The van der Waals surface area contributed by atoms with E-state index in [4.69, 9.17) is 0 Å². The third-order valence-corrected chi connectivity index (χ3v) is 5.24. The molecule has 0 aliphatic carbocycles. The zero-order chi connectivity index (χ0) is 19.1. The van der Waals surface area contributed by atoms with E-state index in [2.05, 4.69) is 11.9 Å². The van der Waals surface area contributed by atoms with Gasteiger partial charge in [0.15, 0.2) is 0 Å². The van der Waals surface area contributed by atoms with Gasteiger partial charge in [0.2, 0.25) is 0 Å². The summed E-state index contributed by atoms with van der Waals surface area (Å²) in [7, 11) is 0. The van der Waals surface area contributed by atoms with Crippen molar-refractivity contribution >= 4 is 21.7 Å². The first-order chi connectivity index (χ1) is 13.8. The number of hydrogen-bond donors (Lipinski definition) is 0. The molecular weight excluding hydrogens is 344 g/mol. The van der Waals surface area contributed by atoms with Crippen LogP contribution in [0, 0.1) is 6.92 Å². The second-order valence-electron chi connectivity index (χ2n) is 6.88. The number of rotatable bonds is 2. The maximum atomic E-state index is 13.7. The molecule has 28 heavy (non-hydrogen) atoms. The number of para-hydroxylation sites is 1. The first-order valence-corrected chi connectivity index (χ1v) is 9.29. The Labute approximate surface area is 162 Å². The lowest BCUT2D eigenvalue weighted by atomic mass is 9.99. The lowest BCUT2D eigenvalue weighted by molar-refractivity contribution is 1.01. The van der Waals surface area contributed by atoms with Crippen LogP contribution in [0.25, 0.3) is 38.6 Å². The van der Waals surface area contributed by atoms with Crippen molar-refractivity contribution in [2.45, 2.75) is 6.92 Å². The van der Waals surface area contributed by atoms with Crippen LogP contribution in [0.1, 0.15) is 5.56 Å². The number of aryl methyl sites for hydroxylation is 1. The van der Waals surface area contributed by atoms with Crippen LogP contribution in [-0.4, -0.2) is 9.55 Å². The zero-order valence-electron chi connectivity index (χ0n) is 15.5. The number of aromatic nitrogens is 2. The zero-order valence-corrected chi connectivity index (χ0v) is 15.5. The maximum Gasteiger partial charge on any atom is 0.263 e. The lowest BCUT2D eigenvalue weighted by Gasteiger charge is -2.19. The molecule has 3 nitrogen and oxygen atoms in total. The summed E-state index contributed by atoms with van der Waals surface area (Å²) in [5.41, 5.74) is 4.58. The fourth-order valence-corrected chi connectivity index (χ4v) is 3.95. The molecule has 0 N–H and O–H groups in total. The summed E-state index contributed by atoms with van der Waals surface area (Å²) < 4.78 is 1.82. The summed E-state index contributed by atoms with van der Waals surface area (Å²) in [4.78, 5) is 18.2. The molecule has 0 saturated heterocycles. The van der Waals surface area contributed by atoms with Gasteiger partial charge in [-0.1, -0.05) is 66.7 Å². The maximum absolute atomic E-state index is 13.7. The van der Waals surface area contributed by atoms with E-state index in [1.165, 1.54) is 0 Å². The number of pyridine rings is 2. The largest absolute Gasteiger partial charge is 0.274 e. The molecule has 0 fully saturated rings. The van der Waals surface area contributed by atoms with Crippen LogP contribution >= 0.6 is 0 Å². The van der Waals surface area contributed by atoms with Crippen LogP contribution < -0.4 is 5.56 Å². The van der Waals surface area contributed by atoms with E-state index < -0.39 is 0 Å². The minimum Gasteiger partial charge on any atom is -0.274 e. The van der Waals surface area contributed by atoms with Crippen LogP contribution in [0.5, 0.6) is 0 Å². The van der Waals surface area contributed by atoms with Crippen molar-refractivity contribution in [3.8, 4) is 16.9 Å². The first-order valence-electron chi connectivity index (χ1n) is 9.29. The Bertz CT molecular complexity index is 1380. The van der Waals surface area contributed by atoms with Crippen molar-refractivity contribution in [1.82, 2.24) is 9.55 Å². The van der Waals surface area contributed by atoms with Gasteiger partial charge in [-0.25, -0.2) is 0 Å². The molecule has 0 radical (unpaired) electrons. The van der Waals surface area contributed by atoms with E-state index in [-0.39, 0.29) is 5.56 Å². The van der Waals surface area contributed by atoms with E-state index >= 15 is 0 Å². The third-order valence-electron chi connectivity index (χ3n) is 5.24. The van der Waals surface area contributed by atoms with Crippen LogP contribution in [0.4, 0.5) is 0 Å². The Morgan fingerprint density at radius 2 is 1.46 bits per heavy atom. The van der Waals surface area contributed by atoms with E-state index in [0.29, 0.717) is 5.39 Å². The fraction of sp³-hybridized carbons (Fsp3) is 0.0400. The van der Waals surface area contributed by atoms with Gasteiger partial charge in [-0.3, -0.25) is 14.3 Å².